The summed E-state index contributed by atoms with van der Waals surface area (Å²) in [7, 11) is 0. The van der Waals surface area contributed by atoms with Gasteiger partial charge in [-0.3, -0.25) is 5.41 Å². The number of rotatable bonds is 2. The van der Waals surface area contributed by atoms with E-state index < -0.39 is 0 Å². The van der Waals surface area contributed by atoms with Crippen LogP contribution in [0, 0.1) is 5.41 Å². The molecule has 1 saturated heterocycles. The summed E-state index contributed by atoms with van der Waals surface area (Å²) in [5.41, 5.74) is 5.31. The molecule has 1 aliphatic rings. The molecule has 4 nitrogen and oxygen atoms in total. The first-order valence-electron chi connectivity index (χ1n) is 4.57. The molecule has 0 radical (unpaired) electrons. The van der Waals surface area contributed by atoms with Gasteiger partial charge in [-0.2, -0.15) is 0 Å². The van der Waals surface area contributed by atoms with Gasteiger partial charge in [0.05, 0.1) is 0 Å². The standard InChI is InChI=1S/C9H12ClN3O/c10-6-5-7(8(11)12)14-9(6)13-3-1-2-4-13/h5H,1-4H2,(H3,11,12). The van der Waals surface area contributed by atoms with Crippen molar-refractivity contribution in [3.05, 3.63) is 16.8 Å². The molecular weight excluding hydrogens is 202 g/mol. The zero-order valence-electron chi connectivity index (χ0n) is 7.72. The quantitative estimate of drug-likeness (QED) is 0.582. The molecule has 2 rings (SSSR count). The highest BCUT2D eigenvalue weighted by molar-refractivity contribution is 6.33. The zero-order chi connectivity index (χ0) is 10.1. The second-order valence-corrected chi connectivity index (χ2v) is 3.78. The van der Waals surface area contributed by atoms with E-state index >= 15 is 0 Å². The van der Waals surface area contributed by atoms with Crippen molar-refractivity contribution >= 4 is 23.3 Å². The van der Waals surface area contributed by atoms with E-state index in [9.17, 15) is 0 Å². The van der Waals surface area contributed by atoms with E-state index in [2.05, 4.69) is 4.90 Å². The van der Waals surface area contributed by atoms with E-state index in [1.807, 2.05) is 0 Å². The van der Waals surface area contributed by atoms with Crippen LogP contribution in [0.3, 0.4) is 0 Å². The smallest absolute Gasteiger partial charge is 0.215 e. The number of nitrogen functional groups attached to an aromatic ring is 1. The monoisotopic (exact) mass is 213 g/mol. The molecule has 0 unspecified atom stereocenters. The Kier molecular flexibility index (Phi) is 2.37. The van der Waals surface area contributed by atoms with Crippen LogP contribution in [0.25, 0.3) is 0 Å². The van der Waals surface area contributed by atoms with E-state index in [0.717, 1.165) is 25.9 Å². The Balaban J connectivity index is 2.28. The fraction of sp³-hybridized carbons (Fsp3) is 0.444. The molecule has 0 aliphatic carbocycles. The van der Waals surface area contributed by atoms with E-state index in [-0.39, 0.29) is 5.84 Å². The maximum atomic E-state index is 7.22. The Morgan fingerprint density at radius 3 is 2.64 bits per heavy atom. The second-order valence-electron chi connectivity index (χ2n) is 3.37. The topological polar surface area (TPSA) is 66.2 Å². The fourth-order valence-electron chi connectivity index (χ4n) is 1.63. The predicted molar refractivity (Wildman–Crippen MR) is 56.2 cm³/mol. The van der Waals surface area contributed by atoms with Gasteiger partial charge >= 0.3 is 0 Å². The van der Waals surface area contributed by atoms with Gasteiger partial charge in [-0.25, -0.2) is 0 Å². The summed E-state index contributed by atoms with van der Waals surface area (Å²) in [4.78, 5) is 2.08. The lowest BCUT2D eigenvalue weighted by Gasteiger charge is -2.13. The Hall–Kier alpha value is -1.16. The van der Waals surface area contributed by atoms with E-state index in [4.69, 9.17) is 27.2 Å². The second kappa shape index (κ2) is 3.53. The summed E-state index contributed by atoms with van der Waals surface area (Å²) in [6.45, 7) is 1.93. The highest BCUT2D eigenvalue weighted by atomic mass is 35.5. The summed E-state index contributed by atoms with van der Waals surface area (Å²) < 4.78 is 5.40. The number of nitrogens with two attached hydrogens (primary N) is 1. The molecule has 0 spiro atoms. The molecular formula is C9H12ClN3O. The molecule has 1 aliphatic heterocycles. The van der Waals surface area contributed by atoms with Gasteiger partial charge in [-0.1, -0.05) is 11.6 Å². The molecule has 0 saturated carbocycles. The van der Waals surface area contributed by atoms with Crippen LogP contribution in [0.2, 0.25) is 5.02 Å². The number of hydrogen-bond acceptors (Lipinski definition) is 3. The number of furan rings is 1. The van der Waals surface area contributed by atoms with Crippen molar-refractivity contribution in [2.24, 2.45) is 5.73 Å². The first kappa shape index (κ1) is 9.40. The van der Waals surface area contributed by atoms with Crippen molar-refractivity contribution in [3.63, 3.8) is 0 Å². The molecule has 1 aromatic heterocycles. The molecule has 2 heterocycles. The number of nitrogens with zero attached hydrogens (tertiary/aromatic N) is 1. The van der Waals surface area contributed by atoms with Crippen molar-refractivity contribution < 1.29 is 4.42 Å². The van der Waals surface area contributed by atoms with Crippen molar-refractivity contribution in [1.29, 1.82) is 5.41 Å². The summed E-state index contributed by atoms with van der Waals surface area (Å²) in [5, 5.41) is 7.76. The minimum atomic E-state index is -0.0858. The number of nitrogens with one attached hydrogen (secondary N) is 1. The maximum Gasteiger partial charge on any atom is 0.215 e. The lowest BCUT2D eigenvalue weighted by atomic mass is 10.4. The van der Waals surface area contributed by atoms with E-state index in [1.54, 1.807) is 6.07 Å². The van der Waals surface area contributed by atoms with Crippen LogP contribution < -0.4 is 10.6 Å². The molecule has 0 bridgehead atoms. The highest BCUT2D eigenvalue weighted by Crippen LogP contribution is 2.31. The molecule has 0 amide bonds. The van der Waals surface area contributed by atoms with Crippen LogP contribution in [0.1, 0.15) is 18.6 Å². The van der Waals surface area contributed by atoms with Crippen molar-refractivity contribution in [2.75, 3.05) is 18.0 Å². The maximum absolute atomic E-state index is 7.22. The number of hydrogen-bond donors (Lipinski definition) is 2. The third-order valence-electron chi connectivity index (χ3n) is 2.33. The molecule has 1 aromatic rings. The Morgan fingerprint density at radius 2 is 2.14 bits per heavy atom. The molecule has 0 atom stereocenters. The van der Waals surface area contributed by atoms with Crippen LogP contribution in [-0.2, 0) is 0 Å². The van der Waals surface area contributed by atoms with Crippen LogP contribution in [0.5, 0.6) is 0 Å². The lowest BCUT2D eigenvalue weighted by Crippen LogP contribution is -2.17. The van der Waals surface area contributed by atoms with Gasteiger partial charge in [0, 0.05) is 19.2 Å². The van der Waals surface area contributed by atoms with Gasteiger partial charge in [0.15, 0.2) is 11.6 Å². The van der Waals surface area contributed by atoms with Crippen LogP contribution in [0.4, 0.5) is 5.88 Å². The van der Waals surface area contributed by atoms with Crippen LogP contribution >= 0.6 is 11.6 Å². The van der Waals surface area contributed by atoms with E-state index in [0.29, 0.717) is 16.7 Å². The molecule has 5 heteroatoms. The van der Waals surface area contributed by atoms with Gasteiger partial charge in [-0.05, 0) is 12.8 Å². The fourth-order valence-corrected chi connectivity index (χ4v) is 1.88. The highest BCUT2D eigenvalue weighted by Gasteiger charge is 2.20. The molecule has 76 valence electrons. The third-order valence-corrected chi connectivity index (χ3v) is 2.60. The minimum Gasteiger partial charge on any atom is -0.436 e. The van der Waals surface area contributed by atoms with Gasteiger partial charge < -0.3 is 15.1 Å². The van der Waals surface area contributed by atoms with E-state index in [1.165, 1.54) is 0 Å². The zero-order valence-corrected chi connectivity index (χ0v) is 8.47. The number of anilines is 1. The van der Waals surface area contributed by atoms with Crippen molar-refractivity contribution in [1.82, 2.24) is 0 Å². The van der Waals surface area contributed by atoms with Crippen molar-refractivity contribution in [2.45, 2.75) is 12.8 Å². The van der Waals surface area contributed by atoms with Gasteiger partial charge in [0.1, 0.15) is 5.02 Å². The SMILES string of the molecule is N=C(N)c1cc(Cl)c(N2CCCC2)o1. The Bertz CT molecular complexity index is 355. The first-order valence-corrected chi connectivity index (χ1v) is 4.95. The van der Waals surface area contributed by atoms with Crippen LogP contribution in [-0.4, -0.2) is 18.9 Å². The Labute approximate surface area is 87.1 Å². The Morgan fingerprint density at radius 1 is 1.50 bits per heavy atom. The van der Waals surface area contributed by atoms with Gasteiger partial charge in [0.2, 0.25) is 5.88 Å². The van der Waals surface area contributed by atoms with Crippen molar-refractivity contribution in [3.8, 4) is 0 Å². The third kappa shape index (κ3) is 1.57. The number of amidine groups is 1. The summed E-state index contributed by atoms with van der Waals surface area (Å²) >= 11 is 5.98. The summed E-state index contributed by atoms with van der Waals surface area (Å²) in [6, 6.07) is 1.59. The van der Waals surface area contributed by atoms with Gasteiger partial charge in [-0.15, -0.1) is 0 Å². The lowest BCUT2D eigenvalue weighted by molar-refractivity contribution is 0.547. The summed E-state index contributed by atoms with van der Waals surface area (Å²) in [6.07, 6.45) is 2.32. The average Bonchev–Trinajstić information content (AvgIpc) is 2.71. The average molecular weight is 214 g/mol. The van der Waals surface area contributed by atoms with Gasteiger partial charge in [0.25, 0.3) is 0 Å². The number of halogens is 1. The molecule has 0 aromatic carbocycles. The normalized spacial score (nSPS) is 16.2. The first-order chi connectivity index (χ1) is 6.68. The largest absolute Gasteiger partial charge is 0.436 e. The molecule has 14 heavy (non-hydrogen) atoms. The summed E-state index contributed by atoms with van der Waals surface area (Å²) in [5.74, 6) is 0.906. The van der Waals surface area contributed by atoms with Crippen LogP contribution in [0.15, 0.2) is 10.5 Å². The molecule has 1 fully saturated rings. The predicted octanol–water partition coefficient (Wildman–Crippen LogP) is 1.82. The molecule has 3 N–H and O–H groups in total. The minimum absolute atomic E-state index is 0.0858.